The molecule has 0 aromatic carbocycles. The summed E-state index contributed by atoms with van der Waals surface area (Å²) in [7, 11) is -6.33. The van der Waals surface area contributed by atoms with Crippen molar-refractivity contribution in [2.45, 2.75) is 5.25 Å². The van der Waals surface area contributed by atoms with Gasteiger partial charge in [0.2, 0.25) is 0 Å². The van der Waals surface area contributed by atoms with Crippen LogP contribution in [-0.2, 0) is 15.0 Å². The molecule has 0 aliphatic carbocycles. The number of hydrogen-bond donors (Lipinski definition) is 1. The third-order valence-electron chi connectivity index (χ3n) is 0.555. The van der Waals surface area contributed by atoms with E-state index in [0.717, 1.165) is 0 Å². The summed E-state index contributed by atoms with van der Waals surface area (Å²) < 4.78 is 52.8. The van der Waals surface area contributed by atoms with E-state index in [2.05, 4.69) is 0 Å². The number of carbonyl (C=O) groups is 1. The maximum atomic E-state index is 11.5. The topological polar surface area (TPSA) is 71.4 Å². The van der Waals surface area contributed by atoms with Crippen LogP contribution in [0.3, 0.4) is 0 Å². The van der Waals surface area contributed by atoms with Crippen molar-refractivity contribution in [3.05, 3.63) is 0 Å². The molecule has 0 aromatic rings. The number of halogens is 3. The average molecular weight is 218 g/mol. The molecule has 0 unspecified atom stereocenters. The average Bonchev–Trinajstić information content (AvgIpc) is 1.62. The summed E-state index contributed by atoms with van der Waals surface area (Å²) in [5.74, 6) is -3.03. The first-order valence-electron chi connectivity index (χ1n) is 1.75. The standard InChI is InChI=1S/C2HF3O4S.K.H/c3-2(4,1(6)7)10(5,8)9;;/h(H,6,7);;. The van der Waals surface area contributed by atoms with Crippen LogP contribution in [-0.4, -0.2) is 76.1 Å². The summed E-state index contributed by atoms with van der Waals surface area (Å²) in [4.78, 5) is 9.30. The van der Waals surface area contributed by atoms with Gasteiger partial charge < -0.3 is 5.11 Å². The maximum absolute atomic E-state index is 11.5. The van der Waals surface area contributed by atoms with E-state index < -0.39 is 21.4 Å². The van der Waals surface area contributed by atoms with E-state index in [1.54, 1.807) is 0 Å². The van der Waals surface area contributed by atoms with Gasteiger partial charge in [-0.3, -0.25) is 0 Å². The number of rotatable bonds is 2. The van der Waals surface area contributed by atoms with Gasteiger partial charge in [-0.05, 0) is 0 Å². The fourth-order valence-electron chi connectivity index (χ4n) is 0.104. The number of aliphatic carboxylic acids is 1. The first kappa shape index (κ1) is 14.4. The summed E-state index contributed by atoms with van der Waals surface area (Å²) in [6.07, 6.45) is 0. The van der Waals surface area contributed by atoms with Gasteiger partial charge in [-0.1, -0.05) is 3.89 Å². The molecule has 0 amide bonds. The zero-order valence-corrected chi connectivity index (χ0v) is 5.03. The van der Waals surface area contributed by atoms with Crippen molar-refractivity contribution in [3.63, 3.8) is 0 Å². The Labute approximate surface area is 102 Å². The first-order chi connectivity index (χ1) is 4.19. The molecule has 0 aromatic heterocycles. The van der Waals surface area contributed by atoms with Gasteiger partial charge in [-0.2, -0.15) is 17.2 Å². The molecule has 4 nitrogen and oxygen atoms in total. The molecule has 9 heteroatoms. The molecule has 0 radical (unpaired) electrons. The van der Waals surface area contributed by atoms with Crippen molar-refractivity contribution >= 4 is 67.6 Å². The Hall–Kier alpha value is 0.846. The van der Waals surface area contributed by atoms with Crippen molar-refractivity contribution < 1.29 is 31.0 Å². The van der Waals surface area contributed by atoms with E-state index in [1.807, 2.05) is 0 Å². The first-order valence-corrected chi connectivity index (χ1v) is 3.13. The molecule has 0 fully saturated rings. The van der Waals surface area contributed by atoms with Gasteiger partial charge in [0, 0.05) is 0 Å². The van der Waals surface area contributed by atoms with E-state index in [0.29, 0.717) is 0 Å². The normalized spacial score (nSPS) is 11.9. The van der Waals surface area contributed by atoms with E-state index in [9.17, 15) is 25.9 Å². The van der Waals surface area contributed by atoms with Crippen molar-refractivity contribution in [2.24, 2.45) is 0 Å². The van der Waals surface area contributed by atoms with Crippen LogP contribution in [0.4, 0.5) is 12.7 Å². The molecule has 0 bridgehead atoms. The molecule has 0 spiro atoms. The third kappa shape index (κ3) is 3.38. The fourth-order valence-corrected chi connectivity index (χ4v) is 0.313. The second-order valence-corrected chi connectivity index (χ2v) is 2.65. The van der Waals surface area contributed by atoms with E-state index in [-0.39, 0.29) is 51.4 Å². The second-order valence-electron chi connectivity index (χ2n) is 1.26. The number of carboxylic acid groups (broad SMARTS) is 1. The van der Waals surface area contributed by atoms with Crippen LogP contribution in [0.15, 0.2) is 0 Å². The summed E-state index contributed by atoms with van der Waals surface area (Å²) >= 11 is 0. The quantitative estimate of drug-likeness (QED) is 0.492. The van der Waals surface area contributed by atoms with Crippen molar-refractivity contribution in [1.82, 2.24) is 0 Å². The third-order valence-corrected chi connectivity index (χ3v) is 1.34. The summed E-state index contributed by atoms with van der Waals surface area (Å²) in [5, 5.41) is 2.07. The van der Waals surface area contributed by atoms with Gasteiger partial charge in [0.15, 0.2) is 0 Å². The zero-order valence-electron chi connectivity index (χ0n) is 4.21. The van der Waals surface area contributed by atoms with Gasteiger partial charge in [-0.15, -0.1) is 0 Å². The van der Waals surface area contributed by atoms with Gasteiger partial charge in [-0.25, -0.2) is 4.79 Å². The van der Waals surface area contributed by atoms with Crippen LogP contribution in [0.5, 0.6) is 0 Å². The minimum absolute atomic E-state index is 0. The molecule has 0 aliphatic heterocycles. The zero-order chi connectivity index (χ0) is 8.58. The van der Waals surface area contributed by atoms with Crippen LogP contribution in [0.1, 0.15) is 0 Å². The van der Waals surface area contributed by atoms with Gasteiger partial charge in [0.25, 0.3) is 0 Å². The molecule has 11 heavy (non-hydrogen) atoms. The number of hydrogen-bond acceptors (Lipinski definition) is 3. The molecule has 0 rings (SSSR count). The van der Waals surface area contributed by atoms with Crippen LogP contribution in [0.25, 0.3) is 0 Å². The summed E-state index contributed by atoms with van der Waals surface area (Å²) in [5.41, 5.74) is 0. The Bertz CT molecular complexity index is 246. The van der Waals surface area contributed by atoms with Crippen LogP contribution in [0, 0.1) is 0 Å². The molecule has 0 heterocycles. The Balaban J connectivity index is 0. The van der Waals surface area contributed by atoms with Crippen LogP contribution in [0.2, 0.25) is 0 Å². The van der Waals surface area contributed by atoms with Crippen LogP contribution < -0.4 is 0 Å². The predicted octanol–water partition coefficient (Wildman–Crippen LogP) is -0.685. The van der Waals surface area contributed by atoms with Gasteiger partial charge >= 0.3 is 72.8 Å². The molecular weight excluding hydrogens is 216 g/mol. The van der Waals surface area contributed by atoms with Gasteiger partial charge in [0.05, 0.1) is 0 Å². The predicted molar refractivity (Wildman–Crippen MR) is 29.8 cm³/mol. The number of carboxylic acids is 1. The summed E-state index contributed by atoms with van der Waals surface area (Å²) in [6.45, 7) is 0. The SMILES string of the molecule is O=C(O)C(F)(F)S(=O)(=O)F.[KH]. The van der Waals surface area contributed by atoms with E-state index >= 15 is 0 Å². The molecule has 1 N–H and O–H groups in total. The fraction of sp³-hybridized carbons (Fsp3) is 0.500. The van der Waals surface area contributed by atoms with Gasteiger partial charge in [0.1, 0.15) is 0 Å². The minimum atomic E-state index is -6.33. The molecule has 0 saturated carbocycles. The van der Waals surface area contributed by atoms with Crippen molar-refractivity contribution in [1.29, 1.82) is 0 Å². The van der Waals surface area contributed by atoms with Crippen molar-refractivity contribution in [3.8, 4) is 0 Å². The molecule has 62 valence electrons. The monoisotopic (exact) mass is 218 g/mol. The van der Waals surface area contributed by atoms with Crippen molar-refractivity contribution in [2.75, 3.05) is 0 Å². The Morgan fingerprint density at radius 1 is 1.36 bits per heavy atom. The second kappa shape index (κ2) is 4.19. The number of alkyl halides is 2. The van der Waals surface area contributed by atoms with E-state index in [1.165, 1.54) is 0 Å². The Morgan fingerprint density at radius 2 is 1.64 bits per heavy atom. The molecule has 0 aliphatic rings. The summed E-state index contributed by atoms with van der Waals surface area (Å²) in [6, 6.07) is 0. The Kier molecular flexibility index (Phi) is 5.47. The molecular formula is C2H2F3KO4S. The van der Waals surface area contributed by atoms with Crippen LogP contribution >= 0.6 is 0 Å². The molecule has 0 saturated heterocycles. The van der Waals surface area contributed by atoms with E-state index in [4.69, 9.17) is 5.11 Å². The molecule has 0 atom stereocenters. The Morgan fingerprint density at radius 3 is 1.64 bits per heavy atom.